The van der Waals surface area contributed by atoms with Gasteiger partial charge in [0.1, 0.15) is 6.54 Å². The lowest BCUT2D eigenvalue weighted by molar-refractivity contribution is -0.137. The van der Waals surface area contributed by atoms with E-state index in [1.54, 1.807) is 17.2 Å². The number of hydrogen-bond donors (Lipinski definition) is 1. The lowest BCUT2D eigenvalue weighted by atomic mass is 9.94. The summed E-state index contributed by atoms with van der Waals surface area (Å²) in [5.74, 6) is -0.928. The summed E-state index contributed by atoms with van der Waals surface area (Å²) >= 11 is 5.90. The summed E-state index contributed by atoms with van der Waals surface area (Å²) in [7, 11) is 0. The van der Waals surface area contributed by atoms with Crippen LogP contribution in [0.15, 0.2) is 30.7 Å². The van der Waals surface area contributed by atoms with Gasteiger partial charge in [0.05, 0.1) is 16.3 Å². The number of rotatable bonds is 4. The first-order chi connectivity index (χ1) is 11.5. The Kier molecular flexibility index (Phi) is 4.80. The van der Waals surface area contributed by atoms with Crippen LogP contribution in [0.5, 0.6) is 0 Å². The number of carboxylic acids is 1. The Bertz CT molecular complexity index is 761. The number of aliphatic carboxylic acids is 1. The molecule has 2 aromatic rings. The Morgan fingerprint density at radius 1 is 1.38 bits per heavy atom. The number of pyridine rings is 1. The molecule has 0 unspecified atom stereocenters. The summed E-state index contributed by atoms with van der Waals surface area (Å²) in [4.78, 5) is 29.1. The molecule has 0 saturated carbocycles. The van der Waals surface area contributed by atoms with Crippen LogP contribution in [0.1, 0.15) is 34.8 Å². The van der Waals surface area contributed by atoms with Crippen molar-refractivity contribution < 1.29 is 14.7 Å². The summed E-state index contributed by atoms with van der Waals surface area (Å²) in [6.07, 6.45) is 6.45. The molecular formula is C16H17ClN4O3. The minimum Gasteiger partial charge on any atom is -0.480 e. The molecule has 3 rings (SSSR count). The fourth-order valence-electron chi connectivity index (χ4n) is 2.94. The van der Waals surface area contributed by atoms with Gasteiger partial charge in [-0.05, 0) is 25.0 Å². The van der Waals surface area contributed by atoms with Gasteiger partial charge in [-0.1, -0.05) is 11.6 Å². The number of halogens is 1. The molecule has 0 aromatic carbocycles. The van der Waals surface area contributed by atoms with Gasteiger partial charge in [0.15, 0.2) is 0 Å². The highest BCUT2D eigenvalue weighted by atomic mass is 35.5. The van der Waals surface area contributed by atoms with Gasteiger partial charge in [0, 0.05) is 37.6 Å². The smallest absolute Gasteiger partial charge is 0.325 e. The van der Waals surface area contributed by atoms with Crippen molar-refractivity contribution in [1.82, 2.24) is 19.7 Å². The van der Waals surface area contributed by atoms with E-state index in [1.165, 1.54) is 17.1 Å². The van der Waals surface area contributed by atoms with E-state index in [-0.39, 0.29) is 18.4 Å². The number of likely N-dealkylation sites (tertiary alicyclic amines) is 1. The Balaban J connectivity index is 1.71. The molecule has 24 heavy (non-hydrogen) atoms. The Morgan fingerprint density at radius 3 is 2.96 bits per heavy atom. The zero-order valence-corrected chi connectivity index (χ0v) is 13.7. The lowest BCUT2D eigenvalue weighted by Crippen LogP contribution is -2.39. The average Bonchev–Trinajstić information content (AvgIpc) is 3.02. The third kappa shape index (κ3) is 3.73. The number of piperidine rings is 1. The molecule has 1 aliphatic rings. The molecule has 0 aliphatic carbocycles. The molecule has 2 aromatic heterocycles. The van der Waals surface area contributed by atoms with Crippen LogP contribution in [0.3, 0.4) is 0 Å². The summed E-state index contributed by atoms with van der Waals surface area (Å²) in [5.41, 5.74) is 1.29. The molecule has 1 aliphatic heterocycles. The van der Waals surface area contributed by atoms with Crippen molar-refractivity contribution in [1.29, 1.82) is 0 Å². The second-order valence-electron chi connectivity index (χ2n) is 5.81. The highest BCUT2D eigenvalue weighted by Gasteiger charge is 2.27. The molecule has 1 N–H and O–H groups in total. The molecule has 1 atom stereocenters. The molecule has 1 saturated heterocycles. The predicted octanol–water partition coefficient (Wildman–Crippen LogP) is 2.04. The Labute approximate surface area is 143 Å². The van der Waals surface area contributed by atoms with Crippen LogP contribution >= 0.6 is 11.6 Å². The van der Waals surface area contributed by atoms with Crippen LogP contribution in [0.25, 0.3) is 0 Å². The Morgan fingerprint density at radius 2 is 2.21 bits per heavy atom. The van der Waals surface area contributed by atoms with Gasteiger partial charge < -0.3 is 10.0 Å². The molecule has 1 fully saturated rings. The first-order valence-electron chi connectivity index (χ1n) is 7.68. The average molecular weight is 349 g/mol. The summed E-state index contributed by atoms with van der Waals surface area (Å²) < 4.78 is 1.40. The van der Waals surface area contributed by atoms with Gasteiger partial charge in [-0.15, -0.1) is 0 Å². The minimum atomic E-state index is -0.932. The number of aromatic nitrogens is 3. The highest BCUT2D eigenvalue weighted by Crippen LogP contribution is 2.26. The van der Waals surface area contributed by atoms with Crippen molar-refractivity contribution in [3.8, 4) is 0 Å². The highest BCUT2D eigenvalue weighted by molar-refractivity contribution is 6.30. The van der Waals surface area contributed by atoms with E-state index in [0.717, 1.165) is 18.5 Å². The molecule has 126 valence electrons. The molecule has 7 nitrogen and oxygen atoms in total. The van der Waals surface area contributed by atoms with Crippen LogP contribution in [-0.4, -0.2) is 49.7 Å². The fourth-order valence-corrected chi connectivity index (χ4v) is 3.11. The van der Waals surface area contributed by atoms with Gasteiger partial charge in [-0.2, -0.15) is 5.10 Å². The van der Waals surface area contributed by atoms with Crippen molar-refractivity contribution >= 4 is 23.5 Å². The van der Waals surface area contributed by atoms with E-state index in [1.807, 2.05) is 6.07 Å². The topological polar surface area (TPSA) is 88.3 Å². The molecular weight excluding hydrogens is 332 g/mol. The van der Waals surface area contributed by atoms with E-state index < -0.39 is 5.97 Å². The van der Waals surface area contributed by atoms with Crippen LogP contribution < -0.4 is 0 Å². The number of carboxylic acid groups (broad SMARTS) is 1. The molecule has 0 spiro atoms. The quantitative estimate of drug-likeness (QED) is 0.913. The van der Waals surface area contributed by atoms with Crippen LogP contribution in [0.4, 0.5) is 0 Å². The molecule has 3 heterocycles. The number of carbonyl (C=O) groups excluding carboxylic acids is 1. The fraction of sp³-hybridized carbons (Fsp3) is 0.375. The second-order valence-corrected chi connectivity index (χ2v) is 6.25. The minimum absolute atomic E-state index is 0.0975. The van der Waals surface area contributed by atoms with Crippen molar-refractivity contribution in [3.63, 3.8) is 0 Å². The largest absolute Gasteiger partial charge is 0.480 e. The lowest BCUT2D eigenvalue weighted by Gasteiger charge is -2.32. The molecule has 0 radical (unpaired) electrons. The van der Waals surface area contributed by atoms with Gasteiger partial charge in [0.2, 0.25) is 0 Å². The van der Waals surface area contributed by atoms with Crippen LogP contribution in [-0.2, 0) is 11.3 Å². The van der Waals surface area contributed by atoms with Crippen molar-refractivity contribution in [2.24, 2.45) is 0 Å². The number of hydrogen-bond acceptors (Lipinski definition) is 4. The summed E-state index contributed by atoms with van der Waals surface area (Å²) in [5, 5.41) is 13.6. The monoisotopic (exact) mass is 348 g/mol. The van der Waals surface area contributed by atoms with Gasteiger partial charge in [0.25, 0.3) is 5.91 Å². The maximum Gasteiger partial charge on any atom is 0.325 e. The van der Waals surface area contributed by atoms with E-state index in [9.17, 15) is 9.59 Å². The van der Waals surface area contributed by atoms with Crippen molar-refractivity contribution in [2.45, 2.75) is 25.3 Å². The number of carbonyl (C=O) groups is 2. The second kappa shape index (κ2) is 7.00. The number of amides is 1. The van der Waals surface area contributed by atoms with Crippen molar-refractivity contribution in [2.75, 3.05) is 13.1 Å². The molecule has 8 heteroatoms. The standard InChI is InChI=1S/C16H17ClN4O3/c17-13-6-12(7-18-8-13)16(24)20-4-1-2-11(9-20)14-3-5-21(19-14)10-15(22)23/h3,5-8,11H,1-2,4,9-10H2,(H,22,23)/t11-/m0/s1. The molecule has 0 bridgehead atoms. The van der Waals surface area contributed by atoms with E-state index >= 15 is 0 Å². The first-order valence-corrected chi connectivity index (χ1v) is 8.05. The van der Waals surface area contributed by atoms with Gasteiger partial charge >= 0.3 is 5.97 Å². The Hall–Kier alpha value is -2.41. The van der Waals surface area contributed by atoms with Crippen LogP contribution in [0.2, 0.25) is 5.02 Å². The first kappa shape index (κ1) is 16.4. The van der Waals surface area contributed by atoms with E-state index in [2.05, 4.69) is 10.1 Å². The maximum absolute atomic E-state index is 12.6. The summed E-state index contributed by atoms with van der Waals surface area (Å²) in [6, 6.07) is 3.44. The summed E-state index contributed by atoms with van der Waals surface area (Å²) in [6.45, 7) is 1.07. The zero-order valence-electron chi connectivity index (χ0n) is 12.9. The maximum atomic E-state index is 12.6. The normalized spacial score (nSPS) is 17.7. The third-order valence-electron chi connectivity index (χ3n) is 4.04. The van der Waals surface area contributed by atoms with Gasteiger partial charge in [-0.3, -0.25) is 19.3 Å². The SMILES string of the molecule is O=C(O)Cn1ccc([C@H]2CCCN(C(=O)c3cncc(Cl)c3)C2)n1. The number of nitrogens with zero attached hydrogens (tertiary/aromatic N) is 4. The molecule has 1 amide bonds. The van der Waals surface area contributed by atoms with Gasteiger partial charge in [-0.25, -0.2) is 0 Å². The van der Waals surface area contributed by atoms with E-state index in [4.69, 9.17) is 16.7 Å². The predicted molar refractivity (Wildman–Crippen MR) is 87.0 cm³/mol. The van der Waals surface area contributed by atoms with Crippen LogP contribution in [0, 0.1) is 0 Å². The van der Waals surface area contributed by atoms with E-state index in [0.29, 0.717) is 23.7 Å². The van der Waals surface area contributed by atoms with Crippen molar-refractivity contribution in [3.05, 3.63) is 47.0 Å². The zero-order chi connectivity index (χ0) is 17.1. The third-order valence-corrected chi connectivity index (χ3v) is 4.24.